The molecular formula is C13H14N2O3. The van der Waals surface area contributed by atoms with Crippen LogP contribution < -0.4 is 5.43 Å². The quantitative estimate of drug-likeness (QED) is 0.819. The zero-order chi connectivity index (χ0) is 13.3. The summed E-state index contributed by atoms with van der Waals surface area (Å²) in [6.45, 7) is 5.56. The zero-order valence-corrected chi connectivity index (χ0v) is 10.5. The number of aromatic nitrogens is 2. The predicted molar refractivity (Wildman–Crippen MR) is 67.8 cm³/mol. The van der Waals surface area contributed by atoms with E-state index in [1.54, 1.807) is 13.0 Å². The van der Waals surface area contributed by atoms with Gasteiger partial charge >= 0.3 is 5.97 Å². The Kier molecular flexibility index (Phi) is 3.14. The number of nitrogens with one attached hydrogen (secondary N) is 1. The van der Waals surface area contributed by atoms with Crippen LogP contribution in [0, 0.1) is 13.8 Å². The minimum absolute atomic E-state index is 0.0225. The molecule has 1 N–H and O–H groups in total. The third-order valence-electron chi connectivity index (χ3n) is 2.67. The number of carbonyl (C=O) groups is 1. The largest absolute Gasteiger partial charge is 0.462 e. The molecule has 0 radical (unpaired) electrons. The summed E-state index contributed by atoms with van der Waals surface area (Å²) < 4.78 is 4.84. The van der Waals surface area contributed by atoms with Crippen molar-refractivity contribution in [2.75, 3.05) is 6.61 Å². The highest BCUT2D eigenvalue weighted by Gasteiger charge is 2.15. The molecular weight excluding hydrogens is 232 g/mol. The Bertz CT molecular complexity index is 674. The first kappa shape index (κ1) is 12.3. The van der Waals surface area contributed by atoms with Crippen LogP contribution in [0.15, 0.2) is 17.1 Å². The second-order valence-electron chi connectivity index (χ2n) is 4.02. The van der Waals surface area contributed by atoms with Crippen molar-refractivity contribution in [1.82, 2.24) is 9.97 Å². The lowest BCUT2D eigenvalue weighted by molar-refractivity contribution is 0.0524. The maximum absolute atomic E-state index is 12.2. The summed E-state index contributed by atoms with van der Waals surface area (Å²) in [7, 11) is 0. The van der Waals surface area contributed by atoms with E-state index in [2.05, 4.69) is 9.97 Å². The van der Waals surface area contributed by atoms with Crippen molar-refractivity contribution in [2.24, 2.45) is 0 Å². The molecule has 0 aliphatic rings. The van der Waals surface area contributed by atoms with E-state index < -0.39 is 5.97 Å². The van der Waals surface area contributed by atoms with Gasteiger partial charge in [0, 0.05) is 17.3 Å². The van der Waals surface area contributed by atoms with Gasteiger partial charge in [-0.15, -0.1) is 0 Å². The van der Waals surface area contributed by atoms with Gasteiger partial charge in [0.1, 0.15) is 5.56 Å². The normalized spacial score (nSPS) is 10.6. The van der Waals surface area contributed by atoms with Gasteiger partial charge in [0.25, 0.3) is 0 Å². The molecule has 0 fully saturated rings. The summed E-state index contributed by atoms with van der Waals surface area (Å²) >= 11 is 0. The van der Waals surface area contributed by atoms with Gasteiger partial charge in [-0.3, -0.25) is 9.78 Å². The second-order valence-corrected chi connectivity index (χ2v) is 4.02. The van der Waals surface area contributed by atoms with E-state index in [0.717, 1.165) is 11.4 Å². The lowest BCUT2D eigenvalue weighted by atomic mass is 10.1. The van der Waals surface area contributed by atoms with Gasteiger partial charge in [-0.25, -0.2) is 4.79 Å². The van der Waals surface area contributed by atoms with Gasteiger partial charge in [0.2, 0.25) is 5.43 Å². The number of rotatable bonds is 2. The summed E-state index contributed by atoms with van der Waals surface area (Å²) in [6.07, 6.45) is 1.38. The van der Waals surface area contributed by atoms with E-state index in [1.165, 1.54) is 6.20 Å². The monoisotopic (exact) mass is 246 g/mol. The molecule has 94 valence electrons. The number of ether oxygens (including phenoxy) is 1. The first-order valence-electron chi connectivity index (χ1n) is 5.71. The number of esters is 1. The van der Waals surface area contributed by atoms with Crippen LogP contribution in [0.2, 0.25) is 0 Å². The average Bonchev–Trinajstić information content (AvgIpc) is 2.30. The Morgan fingerprint density at radius 2 is 2.17 bits per heavy atom. The van der Waals surface area contributed by atoms with Crippen molar-refractivity contribution in [3.8, 4) is 0 Å². The summed E-state index contributed by atoms with van der Waals surface area (Å²) in [5.41, 5.74) is 1.83. The van der Waals surface area contributed by atoms with Crippen molar-refractivity contribution in [2.45, 2.75) is 20.8 Å². The Hall–Kier alpha value is -2.17. The number of aryl methyl sites for hydroxylation is 2. The molecule has 0 saturated carbocycles. The molecule has 0 aromatic carbocycles. The zero-order valence-electron chi connectivity index (χ0n) is 10.5. The van der Waals surface area contributed by atoms with Crippen LogP contribution in [0.1, 0.15) is 28.7 Å². The molecule has 0 spiro atoms. The SMILES string of the molecule is CCOC(=O)c1c[nH]c2c(C)nc(C)cc2c1=O. The van der Waals surface area contributed by atoms with Crippen molar-refractivity contribution in [3.63, 3.8) is 0 Å². The van der Waals surface area contributed by atoms with Crippen LogP contribution in [-0.2, 0) is 4.74 Å². The summed E-state index contributed by atoms with van der Waals surface area (Å²) in [5, 5.41) is 0.463. The van der Waals surface area contributed by atoms with Gasteiger partial charge in [-0.1, -0.05) is 0 Å². The maximum atomic E-state index is 12.2. The second kappa shape index (κ2) is 4.60. The molecule has 2 aromatic rings. The molecule has 0 atom stereocenters. The van der Waals surface area contributed by atoms with Gasteiger partial charge in [-0.2, -0.15) is 0 Å². The fourth-order valence-electron chi connectivity index (χ4n) is 1.91. The number of carbonyl (C=O) groups excluding carboxylic acids is 1. The number of pyridine rings is 2. The molecule has 5 nitrogen and oxygen atoms in total. The van der Waals surface area contributed by atoms with E-state index in [1.807, 2.05) is 13.8 Å². The maximum Gasteiger partial charge on any atom is 0.343 e. The Labute approximate surface area is 104 Å². The smallest absolute Gasteiger partial charge is 0.343 e. The minimum atomic E-state index is -0.604. The molecule has 0 aliphatic heterocycles. The van der Waals surface area contributed by atoms with Crippen molar-refractivity contribution < 1.29 is 9.53 Å². The first-order valence-corrected chi connectivity index (χ1v) is 5.71. The van der Waals surface area contributed by atoms with Crippen molar-refractivity contribution in [1.29, 1.82) is 0 Å². The third-order valence-corrected chi connectivity index (χ3v) is 2.67. The summed E-state index contributed by atoms with van der Waals surface area (Å²) in [6, 6.07) is 1.67. The Morgan fingerprint density at radius 1 is 1.44 bits per heavy atom. The molecule has 0 amide bonds. The average molecular weight is 246 g/mol. The number of nitrogens with zero attached hydrogens (tertiary/aromatic N) is 1. The molecule has 0 saturated heterocycles. The standard InChI is InChI=1S/C13H14N2O3/c1-4-18-13(17)10-6-14-11-8(3)15-7(2)5-9(11)12(10)16/h5-6H,4H2,1-3H3,(H,14,16). The lowest BCUT2D eigenvalue weighted by Crippen LogP contribution is -2.18. The van der Waals surface area contributed by atoms with Crippen molar-refractivity contribution >= 4 is 16.9 Å². The van der Waals surface area contributed by atoms with E-state index in [0.29, 0.717) is 10.9 Å². The lowest BCUT2D eigenvalue weighted by Gasteiger charge is -2.05. The first-order chi connectivity index (χ1) is 8.54. The van der Waals surface area contributed by atoms with Crippen LogP contribution in [0.3, 0.4) is 0 Å². The number of H-pyrrole nitrogens is 1. The molecule has 0 bridgehead atoms. The fraction of sp³-hybridized carbons (Fsp3) is 0.308. The van der Waals surface area contributed by atoms with E-state index in [4.69, 9.17) is 4.74 Å². The van der Waals surface area contributed by atoms with E-state index in [9.17, 15) is 9.59 Å². The van der Waals surface area contributed by atoms with Crippen molar-refractivity contribution in [3.05, 3.63) is 39.4 Å². The molecule has 5 heteroatoms. The Balaban J connectivity index is 2.71. The number of hydrogen-bond donors (Lipinski definition) is 1. The number of aromatic amines is 1. The molecule has 2 aromatic heterocycles. The van der Waals surface area contributed by atoms with Gasteiger partial charge < -0.3 is 9.72 Å². The van der Waals surface area contributed by atoms with Gasteiger partial charge in [-0.05, 0) is 26.8 Å². The molecule has 18 heavy (non-hydrogen) atoms. The van der Waals surface area contributed by atoms with Gasteiger partial charge in [0.15, 0.2) is 0 Å². The van der Waals surface area contributed by atoms with E-state index >= 15 is 0 Å². The Morgan fingerprint density at radius 3 is 2.83 bits per heavy atom. The van der Waals surface area contributed by atoms with Crippen LogP contribution in [0.4, 0.5) is 0 Å². The highest BCUT2D eigenvalue weighted by atomic mass is 16.5. The van der Waals surface area contributed by atoms with E-state index in [-0.39, 0.29) is 17.6 Å². The topological polar surface area (TPSA) is 72.1 Å². The molecule has 2 heterocycles. The van der Waals surface area contributed by atoms with Crippen LogP contribution in [-0.4, -0.2) is 22.5 Å². The van der Waals surface area contributed by atoms with Crippen LogP contribution in [0.5, 0.6) is 0 Å². The minimum Gasteiger partial charge on any atom is -0.462 e. The highest BCUT2D eigenvalue weighted by Crippen LogP contribution is 2.13. The highest BCUT2D eigenvalue weighted by molar-refractivity contribution is 5.93. The summed E-state index contributed by atoms with van der Waals surface area (Å²) in [5.74, 6) is -0.604. The number of fused-ring (bicyclic) bond motifs is 1. The predicted octanol–water partition coefficient (Wildman–Crippen LogP) is 1.72. The molecule has 0 unspecified atom stereocenters. The molecule has 0 aliphatic carbocycles. The fourth-order valence-corrected chi connectivity index (χ4v) is 1.91. The van der Waals surface area contributed by atoms with Crippen LogP contribution >= 0.6 is 0 Å². The van der Waals surface area contributed by atoms with Crippen LogP contribution in [0.25, 0.3) is 10.9 Å². The summed E-state index contributed by atoms with van der Waals surface area (Å²) in [4.78, 5) is 31.0. The number of hydrogen-bond acceptors (Lipinski definition) is 4. The third kappa shape index (κ3) is 1.99. The molecule has 2 rings (SSSR count). The van der Waals surface area contributed by atoms with Gasteiger partial charge in [0.05, 0.1) is 17.8 Å².